The molecule has 216 valence electrons. The van der Waals surface area contributed by atoms with Crippen molar-refractivity contribution >= 4 is 39.1 Å². The average molecular weight is 604 g/mol. The number of methoxy groups -OCH3 is 1. The summed E-state index contributed by atoms with van der Waals surface area (Å²) < 4.78 is 45.8. The van der Waals surface area contributed by atoms with Gasteiger partial charge in [0.2, 0.25) is 0 Å². The lowest BCUT2D eigenvalue weighted by Gasteiger charge is -2.33. The molecule has 0 aliphatic heterocycles. The van der Waals surface area contributed by atoms with Crippen molar-refractivity contribution in [3.05, 3.63) is 70.2 Å². The van der Waals surface area contributed by atoms with E-state index < -0.39 is 30.5 Å². The van der Waals surface area contributed by atoms with Crippen molar-refractivity contribution in [3.8, 4) is 27.6 Å². The van der Waals surface area contributed by atoms with Crippen molar-refractivity contribution in [1.82, 2.24) is 9.55 Å². The molecule has 8 nitrogen and oxygen atoms in total. The van der Waals surface area contributed by atoms with E-state index in [1.165, 1.54) is 29.3 Å². The Bertz CT molecular complexity index is 1620. The largest absolute Gasteiger partial charge is 0.493 e. The summed E-state index contributed by atoms with van der Waals surface area (Å²) in [5.41, 5.74) is 5.00. The smallest absolute Gasteiger partial charge is 0.326 e. The number of benzene rings is 2. The van der Waals surface area contributed by atoms with Gasteiger partial charge < -0.3 is 19.9 Å². The molecule has 5 rings (SSSR count). The Labute approximate surface area is 243 Å². The second-order valence-corrected chi connectivity index (χ2v) is 11.5. The fraction of sp³-hybridized carbons (Fsp3) is 0.345. The van der Waals surface area contributed by atoms with Gasteiger partial charge in [-0.15, -0.1) is 11.3 Å². The molecule has 2 aromatic heterocycles. The second kappa shape index (κ2) is 11.8. The fourth-order valence-electron chi connectivity index (χ4n) is 4.37. The SMILES string of the molecule is COc1cc(-n2cnc3cc(-c4ccc(Cl)cc4)sc3c2=O)ccc1OCC(CCF)(CCF)OC(=O)C1(N)CC1. The topological polar surface area (TPSA) is 106 Å². The molecule has 41 heavy (non-hydrogen) atoms. The molecule has 0 spiro atoms. The highest BCUT2D eigenvalue weighted by molar-refractivity contribution is 7.22. The summed E-state index contributed by atoms with van der Waals surface area (Å²) in [6.45, 7) is -2.00. The van der Waals surface area contributed by atoms with E-state index in [1.807, 2.05) is 18.2 Å². The maximum absolute atomic E-state index is 13.5. The molecule has 0 atom stereocenters. The molecule has 0 amide bonds. The van der Waals surface area contributed by atoms with Crippen molar-refractivity contribution in [2.75, 3.05) is 27.1 Å². The first kappa shape index (κ1) is 29.0. The maximum Gasteiger partial charge on any atom is 0.326 e. The summed E-state index contributed by atoms with van der Waals surface area (Å²) in [6, 6.07) is 14.0. The lowest BCUT2D eigenvalue weighted by molar-refractivity contribution is -0.169. The molecule has 2 aromatic carbocycles. The maximum atomic E-state index is 13.5. The molecular formula is C29H28ClF2N3O5S. The number of hydrogen-bond donors (Lipinski definition) is 1. The molecule has 4 aromatic rings. The standard InChI is InChI=1S/C29H28ClF2N3O5S/c1-38-23-14-20(35-17-34-21-15-24(41-25(21)26(35)36)18-2-4-19(30)5-3-18)6-7-22(23)39-16-28(10-12-31,11-13-32)40-27(37)29(33)8-9-29/h2-7,14-15,17H,8-13,16,33H2,1H3. The zero-order chi connectivity index (χ0) is 29.2. The van der Waals surface area contributed by atoms with Crippen molar-refractivity contribution in [2.24, 2.45) is 5.73 Å². The molecule has 2 N–H and O–H groups in total. The number of hydrogen-bond acceptors (Lipinski definition) is 8. The first-order valence-electron chi connectivity index (χ1n) is 12.9. The number of thiophene rings is 1. The Hall–Kier alpha value is -3.54. The summed E-state index contributed by atoms with van der Waals surface area (Å²) in [4.78, 5) is 31.3. The van der Waals surface area contributed by atoms with E-state index in [0.29, 0.717) is 33.8 Å². The zero-order valence-electron chi connectivity index (χ0n) is 22.2. The van der Waals surface area contributed by atoms with Crippen LogP contribution < -0.4 is 20.8 Å². The van der Waals surface area contributed by atoms with E-state index in [1.54, 1.807) is 30.3 Å². The number of carbonyl (C=O) groups excluding carboxylic acids is 1. The number of rotatable bonds is 12. The van der Waals surface area contributed by atoms with Gasteiger partial charge in [-0.05, 0) is 48.7 Å². The predicted octanol–water partition coefficient (Wildman–Crippen LogP) is 5.65. The number of aromatic nitrogens is 2. The number of alkyl halides is 2. The zero-order valence-corrected chi connectivity index (χ0v) is 23.8. The summed E-state index contributed by atoms with van der Waals surface area (Å²) in [6.07, 6.45) is 1.85. The van der Waals surface area contributed by atoms with Gasteiger partial charge in [0.05, 0.1) is 31.7 Å². The van der Waals surface area contributed by atoms with Gasteiger partial charge >= 0.3 is 5.97 Å². The minimum Gasteiger partial charge on any atom is -0.493 e. The van der Waals surface area contributed by atoms with Crippen LogP contribution in [0.15, 0.2) is 59.7 Å². The van der Waals surface area contributed by atoms with Crippen LogP contribution in [0.25, 0.3) is 26.3 Å². The van der Waals surface area contributed by atoms with Crippen LogP contribution in [0.2, 0.25) is 5.02 Å². The molecular weight excluding hydrogens is 576 g/mol. The van der Waals surface area contributed by atoms with Crippen molar-refractivity contribution < 1.29 is 27.8 Å². The highest BCUT2D eigenvalue weighted by Gasteiger charge is 2.50. The van der Waals surface area contributed by atoms with Crippen molar-refractivity contribution in [1.29, 1.82) is 0 Å². The van der Waals surface area contributed by atoms with Gasteiger partial charge in [-0.25, -0.2) is 4.98 Å². The van der Waals surface area contributed by atoms with Crippen LogP contribution in [0.5, 0.6) is 11.5 Å². The Morgan fingerprint density at radius 3 is 2.46 bits per heavy atom. The molecule has 2 heterocycles. The Morgan fingerprint density at radius 2 is 1.83 bits per heavy atom. The Kier molecular flexibility index (Phi) is 8.30. The number of nitrogens with zero attached hydrogens (tertiary/aromatic N) is 2. The van der Waals surface area contributed by atoms with E-state index in [0.717, 1.165) is 10.4 Å². The summed E-state index contributed by atoms with van der Waals surface area (Å²) in [5.74, 6) is -0.187. The molecule has 1 aliphatic carbocycles. The van der Waals surface area contributed by atoms with Gasteiger partial charge in [-0.1, -0.05) is 23.7 Å². The predicted molar refractivity (Wildman–Crippen MR) is 154 cm³/mol. The normalized spacial score (nSPS) is 14.2. The third-order valence-corrected chi connectivity index (χ3v) is 8.50. The molecule has 1 aliphatic rings. The van der Waals surface area contributed by atoms with Gasteiger partial charge in [-0.3, -0.25) is 22.9 Å². The third kappa shape index (κ3) is 6.07. The molecule has 0 unspecified atom stereocenters. The average Bonchev–Trinajstić information content (AvgIpc) is 3.57. The van der Waals surface area contributed by atoms with E-state index >= 15 is 0 Å². The van der Waals surface area contributed by atoms with Crippen LogP contribution in [0.1, 0.15) is 25.7 Å². The molecule has 0 bridgehead atoms. The monoisotopic (exact) mass is 603 g/mol. The van der Waals surface area contributed by atoms with Gasteiger partial charge in [-0.2, -0.15) is 0 Å². The van der Waals surface area contributed by atoms with Crippen LogP contribution >= 0.6 is 22.9 Å². The number of ether oxygens (including phenoxy) is 3. The van der Waals surface area contributed by atoms with Crippen LogP contribution in [0, 0.1) is 0 Å². The summed E-state index contributed by atoms with van der Waals surface area (Å²) in [5, 5.41) is 0.621. The minimum atomic E-state index is -1.54. The van der Waals surface area contributed by atoms with Gasteiger partial charge in [0, 0.05) is 28.8 Å². The minimum absolute atomic E-state index is 0.242. The van der Waals surface area contributed by atoms with Crippen LogP contribution in [0.3, 0.4) is 0 Å². The van der Waals surface area contributed by atoms with Crippen molar-refractivity contribution in [3.63, 3.8) is 0 Å². The van der Waals surface area contributed by atoms with E-state index in [2.05, 4.69) is 4.98 Å². The van der Waals surface area contributed by atoms with Crippen molar-refractivity contribution in [2.45, 2.75) is 36.8 Å². The summed E-state index contributed by atoms with van der Waals surface area (Å²) in [7, 11) is 1.43. The van der Waals surface area contributed by atoms with Crippen LogP contribution in [-0.2, 0) is 9.53 Å². The molecule has 1 saturated carbocycles. The van der Waals surface area contributed by atoms with Gasteiger partial charge in [0.15, 0.2) is 17.1 Å². The quantitative estimate of drug-likeness (QED) is 0.209. The first-order chi connectivity index (χ1) is 19.7. The Balaban J connectivity index is 1.40. The fourth-order valence-corrected chi connectivity index (χ4v) is 5.54. The van der Waals surface area contributed by atoms with Gasteiger partial charge in [0.25, 0.3) is 5.56 Å². The lowest BCUT2D eigenvalue weighted by Crippen LogP contribution is -2.47. The summed E-state index contributed by atoms with van der Waals surface area (Å²) >= 11 is 7.33. The Morgan fingerprint density at radius 1 is 1.12 bits per heavy atom. The van der Waals surface area contributed by atoms with E-state index in [9.17, 15) is 18.4 Å². The second-order valence-electron chi connectivity index (χ2n) is 9.98. The number of carbonyl (C=O) groups is 1. The number of halogens is 3. The molecule has 0 saturated heterocycles. The highest BCUT2D eigenvalue weighted by atomic mass is 35.5. The number of nitrogens with two attached hydrogens (primary N) is 1. The highest BCUT2D eigenvalue weighted by Crippen LogP contribution is 2.37. The first-order valence-corrected chi connectivity index (χ1v) is 14.1. The molecule has 1 fully saturated rings. The van der Waals surface area contributed by atoms with E-state index in [4.69, 9.17) is 31.5 Å². The molecule has 12 heteroatoms. The van der Waals surface area contributed by atoms with Crippen LogP contribution in [0.4, 0.5) is 8.78 Å². The lowest BCUT2D eigenvalue weighted by atomic mass is 9.97. The molecule has 0 radical (unpaired) electrons. The van der Waals surface area contributed by atoms with Gasteiger partial charge in [0.1, 0.15) is 23.2 Å². The van der Waals surface area contributed by atoms with E-state index in [-0.39, 0.29) is 36.5 Å². The van der Waals surface area contributed by atoms with Crippen LogP contribution in [-0.4, -0.2) is 53.7 Å². The number of fused-ring (bicyclic) bond motifs is 1. The third-order valence-electron chi connectivity index (χ3n) is 7.09. The number of esters is 1.